The molecule has 2 N–H and O–H groups in total. The van der Waals surface area contributed by atoms with E-state index in [-0.39, 0.29) is 12.8 Å². The van der Waals surface area contributed by atoms with Crippen LogP contribution < -0.4 is 15.4 Å². The molecule has 1 saturated heterocycles. The van der Waals surface area contributed by atoms with Crippen molar-refractivity contribution < 1.29 is 17.9 Å². The van der Waals surface area contributed by atoms with Crippen LogP contribution in [0.3, 0.4) is 0 Å². The van der Waals surface area contributed by atoms with Gasteiger partial charge in [-0.15, -0.1) is 0 Å². The summed E-state index contributed by atoms with van der Waals surface area (Å²) in [7, 11) is -3.51. The average Bonchev–Trinajstić information content (AvgIpc) is 2.53. The molecule has 128 valence electrons. The van der Waals surface area contributed by atoms with E-state index in [2.05, 4.69) is 10.6 Å². The van der Waals surface area contributed by atoms with E-state index in [0.717, 1.165) is 12.7 Å². The number of ether oxygens (including phenoxy) is 1. The van der Waals surface area contributed by atoms with Crippen molar-refractivity contribution >= 4 is 21.4 Å². The summed E-state index contributed by atoms with van der Waals surface area (Å²) < 4.78 is 28.6. The second-order valence-corrected chi connectivity index (χ2v) is 8.17. The Morgan fingerprint density at radius 3 is 2.65 bits per heavy atom. The molecule has 0 aliphatic carbocycles. The molecule has 1 aromatic carbocycles. The van der Waals surface area contributed by atoms with E-state index in [9.17, 15) is 13.2 Å². The first kappa shape index (κ1) is 17.7. The summed E-state index contributed by atoms with van der Waals surface area (Å²) in [5, 5.41) is 5.85. The molecule has 1 aliphatic rings. The van der Waals surface area contributed by atoms with Crippen LogP contribution in [0.2, 0.25) is 0 Å². The molecule has 0 spiro atoms. The van der Waals surface area contributed by atoms with Crippen LogP contribution in [0.5, 0.6) is 5.75 Å². The van der Waals surface area contributed by atoms with Gasteiger partial charge in [0.05, 0.1) is 6.61 Å². The molecule has 1 aliphatic heterocycles. The molecule has 1 heterocycles. The predicted octanol–water partition coefficient (Wildman–Crippen LogP) is 1.58. The van der Waals surface area contributed by atoms with Crippen molar-refractivity contribution in [2.45, 2.75) is 30.9 Å². The number of piperidine rings is 1. The van der Waals surface area contributed by atoms with E-state index in [0.29, 0.717) is 31.1 Å². The molecule has 0 saturated carbocycles. The highest BCUT2D eigenvalue weighted by molar-refractivity contribution is 7.92. The number of rotatable bonds is 6. The highest BCUT2D eigenvalue weighted by Crippen LogP contribution is 2.30. The summed E-state index contributed by atoms with van der Waals surface area (Å²) in [6, 6.07) is 7.02. The standard InChI is InChI=1S/C16H24N2O4S/c1-3-11-22-14-6-4-5-13(12-14)18-15(19)16(23(2,20)21)7-9-17-10-8-16/h4-6,12,17H,3,7-11H2,1-2H3,(H,18,19). The minimum Gasteiger partial charge on any atom is -0.494 e. The van der Waals surface area contributed by atoms with Gasteiger partial charge in [0.1, 0.15) is 5.75 Å². The zero-order valence-electron chi connectivity index (χ0n) is 13.6. The lowest BCUT2D eigenvalue weighted by Gasteiger charge is -2.34. The minimum absolute atomic E-state index is 0.281. The quantitative estimate of drug-likeness (QED) is 0.821. The van der Waals surface area contributed by atoms with Crippen molar-refractivity contribution in [3.05, 3.63) is 24.3 Å². The van der Waals surface area contributed by atoms with Crippen molar-refractivity contribution in [1.29, 1.82) is 0 Å². The molecule has 1 fully saturated rings. The van der Waals surface area contributed by atoms with E-state index in [4.69, 9.17) is 4.74 Å². The van der Waals surface area contributed by atoms with Crippen LogP contribution in [0, 0.1) is 0 Å². The van der Waals surface area contributed by atoms with Crippen LogP contribution >= 0.6 is 0 Å². The van der Waals surface area contributed by atoms with Crippen LogP contribution in [0.25, 0.3) is 0 Å². The molecule has 0 aromatic heterocycles. The number of anilines is 1. The Morgan fingerprint density at radius 1 is 1.35 bits per heavy atom. The summed E-state index contributed by atoms with van der Waals surface area (Å²) in [6.07, 6.45) is 2.59. The maximum Gasteiger partial charge on any atom is 0.245 e. The Kier molecular flexibility index (Phi) is 5.64. The smallest absolute Gasteiger partial charge is 0.245 e. The van der Waals surface area contributed by atoms with Gasteiger partial charge < -0.3 is 15.4 Å². The molecule has 0 bridgehead atoms. The zero-order valence-corrected chi connectivity index (χ0v) is 14.4. The van der Waals surface area contributed by atoms with Crippen molar-refractivity contribution in [3.8, 4) is 5.75 Å². The monoisotopic (exact) mass is 340 g/mol. The minimum atomic E-state index is -3.51. The molecule has 0 atom stereocenters. The van der Waals surface area contributed by atoms with E-state index < -0.39 is 20.5 Å². The van der Waals surface area contributed by atoms with Crippen molar-refractivity contribution in [1.82, 2.24) is 5.32 Å². The zero-order chi connectivity index (χ0) is 16.9. The fourth-order valence-electron chi connectivity index (χ4n) is 2.73. The van der Waals surface area contributed by atoms with E-state index in [1.165, 1.54) is 0 Å². The lowest BCUT2D eigenvalue weighted by atomic mass is 9.95. The first-order valence-corrected chi connectivity index (χ1v) is 9.73. The SMILES string of the molecule is CCCOc1cccc(NC(=O)C2(S(C)(=O)=O)CCNCC2)c1. The summed E-state index contributed by atoms with van der Waals surface area (Å²) in [6.45, 7) is 3.63. The van der Waals surface area contributed by atoms with Crippen LogP contribution in [0.4, 0.5) is 5.69 Å². The number of nitrogens with one attached hydrogen (secondary N) is 2. The molecule has 1 amide bonds. The predicted molar refractivity (Wildman–Crippen MR) is 90.5 cm³/mol. The van der Waals surface area contributed by atoms with Crippen LogP contribution in [-0.4, -0.2) is 45.0 Å². The number of carbonyl (C=O) groups is 1. The number of benzene rings is 1. The van der Waals surface area contributed by atoms with E-state index >= 15 is 0 Å². The third-order valence-corrected chi connectivity index (χ3v) is 6.11. The lowest BCUT2D eigenvalue weighted by molar-refractivity contribution is -0.119. The molecule has 1 aromatic rings. The van der Waals surface area contributed by atoms with Gasteiger partial charge in [-0.2, -0.15) is 0 Å². The largest absolute Gasteiger partial charge is 0.494 e. The van der Waals surface area contributed by atoms with Crippen molar-refractivity contribution in [2.75, 3.05) is 31.3 Å². The Bertz CT molecular complexity index is 652. The van der Waals surface area contributed by atoms with Crippen molar-refractivity contribution in [3.63, 3.8) is 0 Å². The number of carbonyl (C=O) groups excluding carboxylic acids is 1. The van der Waals surface area contributed by atoms with Crippen LogP contribution in [0.15, 0.2) is 24.3 Å². The normalized spacial score (nSPS) is 17.5. The van der Waals surface area contributed by atoms with Gasteiger partial charge in [-0.05, 0) is 44.5 Å². The maximum absolute atomic E-state index is 12.7. The van der Waals surface area contributed by atoms with Gasteiger partial charge in [0, 0.05) is 18.0 Å². The fourth-order valence-corrected chi connectivity index (χ4v) is 4.06. The molecule has 6 nitrogen and oxygen atoms in total. The highest BCUT2D eigenvalue weighted by Gasteiger charge is 2.48. The third-order valence-electron chi connectivity index (χ3n) is 4.10. The first-order valence-electron chi connectivity index (χ1n) is 7.84. The molecule has 2 rings (SSSR count). The average molecular weight is 340 g/mol. The number of sulfone groups is 1. The van der Waals surface area contributed by atoms with E-state index in [1.807, 2.05) is 13.0 Å². The van der Waals surface area contributed by atoms with Gasteiger partial charge >= 0.3 is 0 Å². The molecular weight excluding hydrogens is 316 g/mol. The molecule has 23 heavy (non-hydrogen) atoms. The Balaban J connectivity index is 2.19. The third kappa shape index (κ3) is 4.03. The van der Waals surface area contributed by atoms with Crippen LogP contribution in [-0.2, 0) is 14.6 Å². The molecular formula is C16H24N2O4S. The van der Waals surface area contributed by atoms with Crippen molar-refractivity contribution in [2.24, 2.45) is 0 Å². The second-order valence-electron chi connectivity index (χ2n) is 5.85. The Labute approximate surface area is 137 Å². The number of hydrogen-bond acceptors (Lipinski definition) is 5. The van der Waals surface area contributed by atoms with Gasteiger partial charge in [-0.3, -0.25) is 4.79 Å². The first-order chi connectivity index (χ1) is 10.9. The van der Waals surface area contributed by atoms with Gasteiger partial charge in [0.25, 0.3) is 0 Å². The summed E-state index contributed by atoms with van der Waals surface area (Å²) in [5.74, 6) is 0.192. The molecule has 0 radical (unpaired) electrons. The summed E-state index contributed by atoms with van der Waals surface area (Å²) in [4.78, 5) is 12.7. The number of amides is 1. The highest BCUT2D eigenvalue weighted by atomic mass is 32.2. The van der Waals surface area contributed by atoms with Gasteiger partial charge in [0.2, 0.25) is 5.91 Å². The van der Waals surface area contributed by atoms with Gasteiger partial charge in [-0.1, -0.05) is 13.0 Å². The van der Waals surface area contributed by atoms with Gasteiger partial charge in [0.15, 0.2) is 14.6 Å². The lowest BCUT2D eigenvalue weighted by Crippen LogP contribution is -2.55. The Hall–Kier alpha value is -1.60. The Morgan fingerprint density at radius 2 is 2.04 bits per heavy atom. The fraction of sp³-hybridized carbons (Fsp3) is 0.562. The summed E-state index contributed by atoms with van der Waals surface area (Å²) >= 11 is 0. The van der Waals surface area contributed by atoms with E-state index in [1.54, 1.807) is 18.2 Å². The van der Waals surface area contributed by atoms with Gasteiger partial charge in [-0.25, -0.2) is 8.42 Å². The van der Waals surface area contributed by atoms with Crippen LogP contribution in [0.1, 0.15) is 26.2 Å². The maximum atomic E-state index is 12.7. The molecule has 7 heteroatoms. The topological polar surface area (TPSA) is 84.5 Å². The number of hydrogen-bond donors (Lipinski definition) is 2. The molecule has 0 unspecified atom stereocenters. The second kappa shape index (κ2) is 7.31. The summed E-state index contributed by atoms with van der Waals surface area (Å²) in [5.41, 5.74) is 0.546.